The van der Waals surface area contributed by atoms with Gasteiger partial charge in [-0.25, -0.2) is 4.68 Å². The first-order valence-electron chi connectivity index (χ1n) is 7.87. The predicted molar refractivity (Wildman–Crippen MR) is 93.6 cm³/mol. The lowest BCUT2D eigenvalue weighted by Gasteiger charge is -2.29. The number of anilines is 1. The molecule has 1 aromatic heterocycles. The van der Waals surface area contributed by atoms with E-state index >= 15 is 0 Å². The average molecular weight is 321 g/mol. The normalized spacial score (nSPS) is 15.4. The second kappa shape index (κ2) is 5.30. The molecule has 0 radical (unpaired) electrons. The third-order valence-electron chi connectivity index (χ3n) is 4.37. The van der Waals surface area contributed by atoms with Crippen LogP contribution in [0.2, 0.25) is 0 Å². The summed E-state index contributed by atoms with van der Waals surface area (Å²) in [6.45, 7) is 4.08. The predicted octanol–water partition coefficient (Wildman–Crippen LogP) is 3.85. The molecule has 0 spiro atoms. The van der Waals surface area contributed by atoms with E-state index in [0.29, 0.717) is 5.75 Å². The zero-order chi connectivity index (χ0) is 16.8. The summed E-state index contributed by atoms with van der Waals surface area (Å²) in [6, 6.07) is 13.8. The summed E-state index contributed by atoms with van der Waals surface area (Å²) in [5, 5.41) is 18.1. The number of phenols is 1. The number of nitrogens with zero attached hydrogens (tertiary/aromatic N) is 2. The number of nitrogens with one attached hydrogen (secondary N) is 1. The molecule has 122 valence electrons. The fraction of sp³-hybridized carbons (Fsp3) is 0.211. The summed E-state index contributed by atoms with van der Waals surface area (Å²) in [7, 11) is 1.55. The minimum Gasteiger partial charge on any atom is -0.504 e. The number of aromatic hydroxyl groups is 1. The minimum absolute atomic E-state index is 0.130. The second-order valence-electron chi connectivity index (χ2n) is 6.14. The maximum absolute atomic E-state index is 9.85. The zero-order valence-electron chi connectivity index (χ0n) is 13.9. The molecule has 2 N–H and O–H groups in total. The van der Waals surface area contributed by atoms with Crippen LogP contribution in [0.4, 0.5) is 5.69 Å². The molecule has 1 aliphatic heterocycles. The molecule has 5 heteroatoms. The fourth-order valence-corrected chi connectivity index (χ4v) is 3.21. The molecule has 0 unspecified atom stereocenters. The van der Waals surface area contributed by atoms with E-state index in [1.807, 2.05) is 23.7 Å². The molecule has 2 heterocycles. The number of methoxy groups -OCH3 is 1. The van der Waals surface area contributed by atoms with E-state index in [2.05, 4.69) is 41.6 Å². The van der Waals surface area contributed by atoms with Crippen LogP contribution in [-0.4, -0.2) is 22.0 Å². The van der Waals surface area contributed by atoms with Gasteiger partial charge in [0.1, 0.15) is 6.17 Å². The Morgan fingerprint density at radius 3 is 2.75 bits per heavy atom. The maximum atomic E-state index is 9.85. The van der Waals surface area contributed by atoms with Gasteiger partial charge in [0.05, 0.1) is 18.5 Å². The lowest BCUT2D eigenvalue weighted by Crippen LogP contribution is -2.25. The molecule has 1 aliphatic rings. The van der Waals surface area contributed by atoms with E-state index in [4.69, 9.17) is 4.74 Å². The van der Waals surface area contributed by atoms with E-state index in [9.17, 15) is 5.11 Å². The second-order valence-corrected chi connectivity index (χ2v) is 6.14. The molecule has 1 atom stereocenters. The summed E-state index contributed by atoms with van der Waals surface area (Å²) >= 11 is 0. The fourth-order valence-electron chi connectivity index (χ4n) is 3.21. The number of aryl methyl sites for hydroxylation is 2. The molecule has 2 aromatic carbocycles. The van der Waals surface area contributed by atoms with Crippen molar-refractivity contribution < 1.29 is 9.84 Å². The Bertz CT molecular complexity index is 930. The highest BCUT2D eigenvalue weighted by Crippen LogP contribution is 2.40. The number of rotatable bonds is 2. The molecule has 5 nitrogen and oxygen atoms in total. The summed E-state index contributed by atoms with van der Waals surface area (Å²) < 4.78 is 7.24. The lowest BCUT2D eigenvalue weighted by atomic mass is 10.0. The highest BCUT2D eigenvalue weighted by molar-refractivity contribution is 5.79. The molecule has 24 heavy (non-hydrogen) atoms. The summed E-state index contributed by atoms with van der Waals surface area (Å²) in [5.74, 6) is 0.583. The standard InChI is InChI=1S/C19H19N3O2/c1-11-4-6-15-14(8-11)16-9-12(2)21-22(16)19(20-15)13-5-7-17(23)18(10-13)24-3/h4-10,19-20,23H,1-3H3/t19-/m0/s1. The number of hydrogen-bond acceptors (Lipinski definition) is 4. The molecule has 0 fully saturated rings. The number of ether oxygens (including phenoxy) is 1. The van der Waals surface area contributed by atoms with Gasteiger partial charge in [-0.15, -0.1) is 0 Å². The van der Waals surface area contributed by atoms with Crippen molar-refractivity contribution in [3.63, 3.8) is 0 Å². The number of benzene rings is 2. The number of fused-ring (bicyclic) bond motifs is 3. The largest absolute Gasteiger partial charge is 0.504 e. The first-order valence-corrected chi connectivity index (χ1v) is 7.87. The zero-order valence-corrected chi connectivity index (χ0v) is 13.9. The molecule has 0 saturated carbocycles. The molecule has 3 aromatic rings. The van der Waals surface area contributed by atoms with E-state index < -0.39 is 0 Å². The topological polar surface area (TPSA) is 59.3 Å². The van der Waals surface area contributed by atoms with Gasteiger partial charge < -0.3 is 15.2 Å². The van der Waals surface area contributed by atoms with Crippen molar-refractivity contribution >= 4 is 5.69 Å². The van der Waals surface area contributed by atoms with Gasteiger partial charge in [-0.3, -0.25) is 0 Å². The number of aromatic nitrogens is 2. The number of hydrogen-bond donors (Lipinski definition) is 2. The van der Waals surface area contributed by atoms with E-state index in [-0.39, 0.29) is 11.9 Å². The Morgan fingerprint density at radius 2 is 1.96 bits per heavy atom. The molecular formula is C19H19N3O2. The van der Waals surface area contributed by atoms with E-state index in [1.165, 1.54) is 5.56 Å². The van der Waals surface area contributed by atoms with Gasteiger partial charge >= 0.3 is 0 Å². The van der Waals surface area contributed by atoms with Gasteiger partial charge in [0.2, 0.25) is 0 Å². The first kappa shape index (κ1) is 14.6. The van der Waals surface area contributed by atoms with Crippen LogP contribution in [0.25, 0.3) is 11.3 Å². The Balaban J connectivity index is 1.88. The van der Waals surface area contributed by atoms with Crippen molar-refractivity contribution in [2.45, 2.75) is 20.0 Å². The van der Waals surface area contributed by atoms with Crippen LogP contribution >= 0.6 is 0 Å². The van der Waals surface area contributed by atoms with Crippen molar-refractivity contribution in [1.82, 2.24) is 9.78 Å². The highest BCUT2D eigenvalue weighted by atomic mass is 16.5. The Hall–Kier alpha value is -2.95. The van der Waals surface area contributed by atoms with Gasteiger partial charge in [0.15, 0.2) is 11.5 Å². The van der Waals surface area contributed by atoms with E-state index in [1.54, 1.807) is 13.2 Å². The van der Waals surface area contributed by atoms with Crippen LogP contribution in [0, 0.1) is 13.8 Å². The Kier molecular flexibility index (Phi) is 3.23. The third-order valence-corrected chi connectivity index (χ3v) is 4.37. The van der Waals surface area contributed by atoms with Gasteiger partial charge in [0, 0.05) is 16.8 Å². The summed E-state index contributed by atoms with van der Waals surface area (Å²) in [6.07, 6.45) is -0.154. The monoisotopic (exact) mass is 321 g/mol. The van der Waals surface area contributed by atoms with E-state index in [0.717, 1.165) is 28.2 Å². The van der Waals surface area contributed by atoms with Crippen molar-refractivity contribution in [3.05, 3.63) is 59.3 Å². The van der Waals surface area contributed by atoms with Gasteiger partial charge in [-0.05, 0) is 44.2 Å². The molecule has 4 rings (SSSR count). The first-order chi connectivity index (χ1) is 11.6. The van der Waals surface area contributed by atoms with Crippen LogP contribution < -0.4 is 10.1 Å². The lowest BCUT2D eigenvalue weighted by molar-refractivity contribution is 0.372. The van der Waals surface area contributed by atoms with Crippen LogP contribution in [0.5, 0.6) is 11.5 Å². The SMILES string of the molecule is COc1cc([C@H]2Nc3ccc(C)cc3-c3cc(C)nn32)ccc1O. The molecular weight excluding hydrogens is 302 g/mol. The van der Waals surface area contributed by atoms with Crippen LogP contribution in [-0.2, 0) is 0 Å². The molecule has 0 amide bonds. The van der Waals surface area contributed by atoms with Gasteiger partial charge in [-0.2, -0.15) is 5.10 Å². The summed E-state index contributed by atoms with van der Waals surface area (Å²) in [4.78, 5) is 0. The highest BCUT2D eigenvalue weighted by Gasteiger charge is 2.27. The third kappa shape index (κ3) is 2.21. The number of phenolic OH excluding ortho intramolecular Hbond substituents is 1. The quantitative estimate of drug-likeness (QED) is 0.752. The van der Waals surface area contributed by atoms with Crippen LogP contribution in [0.15, 0.2) is 42.5 Å². The maximum Gasteiger partial charge on any atom is 0.160 e. The molecule has 0 saturated heterocycles. The van der Waals surface area contributed by atoms with Crippen LogP contribution in [0.3, 0.4) is 0 Å². The Morgan fingerprint density at radius 1 is 1.12 bits per heavy atom. The summed E-state index contributed by atoms with van der Waals surface area (Å²) in [5.41, 5.74) is 6.47. The van der Waals surface area contributed by atoms with Gasteiger partial charge in [-0.1, -0.05) is 17.7 Å². The smallest absolute Gasteiger partial charge is 0.160 e. The van der Waals surface area contributed by atoms with Crippen molar-refractivity contribution in [1.29, 1.82) is 0 Å². The minimum atomic E-state index is -0.154. The van der Waals surface area contributed by atoms with Crippen molar-refractivity contribution in [3.8, 4) is 22.8 Å². The molecule has 0 aliphatic carbocycles. The average Bonchev–Trinajstić information content (AvgIpc) is 2.96. The Labute approximate surface area is 140 Å². The van der Waals surface area contributed by atoms with Gasteiger partial charge in [0.25, 0.3) is 0 Å². The molecule has 0 bridgehead atoms. The van der Waals surface area contributed by atoms with Crippen molar-refractivity contribution in [2.24, 2.45) is 0 Å². The van der Waals surface area contributed by atoms with Crippen molar-refractivity contribution in [2.75, 3.05) is 12.4 Å². The van der Waals surface area contributed by atoms with Crippen LogP contribution in [0.1, 0.15) is 23.0 Å².